The predicted octanol–water partition coefficient (Wildman–Crippen LogP) is 4.76. The molecule has 0 N–H and O–H groups in total. The van der Waals surface area contributed by atoms with Gasteiger partial charge in [-0.1, -0.05) is 24.3 Å². The molecule has 0 aliphatic heterocycles. The number of benzene rings is 2. The molecule has 126 valence electrons. The predicted molar refractivity (Wildman–Crippen MR) is 87.3 cm³/mol. The minimum atomic E-state index is -2.67. The van der Waals surface area contributed by atoms with Gasteiger partial charge in [0.15, 0.2) is 0 Å². The summed E-state index contributed by atoms with van der Waals surface area (Å²) in [5, 5.41) is 0. The van der Waals surface area contributed by atoms with Crippen LogP contribution in [0.15, 0.2) is 48.5 Å². The van der Waals surface area contributed by atoms with Crippen molar-refractivity contribution in [2.45, 2.75) is 26.1 Å². The van der Waals surface area contributed by atoms with Crippen LogP contribution >= 0.6 is 0 Å². The van der Waals surface area contributed by atoms with Crippen molar-refractivity contribution in [3.63, 3.8) is 0 Å². The number of hydrogen-bond acceptors (Lipinski definition) is 2. The molecule has 0 aliphatic rings. The van der Waals surface area contributed by atoms with Crippen LogP contribution in [-0.4, -0.2) is 21.5 Å². The van der Waals surface area contributed by atoms with Gasteiger partial charge in [0.2, 0.25) is 0 Å². The molecule has 1 unspecified atom stereocenters. The van der Waals surface area contributed by atoms with Gasteiger partial charge in [0, 0.05) is 6.54 Å². The molecule has 24 heavy (non-hydrogen) atoms. The first-order valence-corrected chi connectivity index (χ1v) is 7.67. The maximum Gasteiger partial charge on any atom is 0.320 e. The number of halogens is 3. The molecular weight excluding hydrogens is 315 g/mol. The van der Waals surface area contributed by atoms with E-state index in [4.69, 9.17) is 0 Å². The van der Waals surface area contributed by atoms with Gasteiger partial charge in [0.25, 0.3) is 0 Å². The van der Waals surface area contributed by atoms with Crippen LogP contribution in [0, 0.1) is 5.82 Å². The number of nitrogens with zero attached hydrogens (tertiary/aromatic N) is 3. The minimum Gasteiger partial charge on any atom is -0.292 e. The monoisotopic (exact) mass is 333 g/mol. The zero-order chi connectivity index (χ0) is 17.3. The van der Waals surface area contributed by atoms with E-state index >= 15 is 0 Å². The maximum absolute atomic E-state index is 13.5. The number of alkyl halides is 2. The lowest BCUT2D eigenvalue weighted by molar-refractivity contribution is 0.0657. The van der Waals surface area contributed by atoms with E-state index in [9.17, 15) is 13.2 Å². The van der Waals surface area contributed by atoms with Crippen molar-refractivity contribution in [2.75, 3.05) is 7.05 Å². The van der Waals surface area contributed by atoms with Gasteiger partial charge in [-0.3, -0.25) is 9.47 Å². The van der Waals surface area contributed by atoms with E-state index in [2.05, 4.69) is 4.98 Å². The second-order valence-corrected chi connectivity index (χ2v) is 5.83. The zero-order valence-electron chi connectivity index (χ0n) is 13.5. The van der Waals surface area contributed by atoms with E-state index in [1.807, 2.05) is 24.9 Å². The van der Waals surface area contributed by atoms with Crippen LogP contribution in [0.3, 0.4) is 0 Å². The molecule has 3 aromatic rings. The number of para-hydroxylation sites is 2. The van der Waals surface area contributed by atoms with Gasteiger partial charge in [-0.25, -0.2) is 9.37 Å². The second-order valence-electron chi connectivity index (χ2n) is 5.83. The van der Waals surface area contributed by atoms with Crippen LogP contribution in [-0.2, 0) is 6.54 Å². The number of rotatable bonds is 5. The highest BCUT2D eigenvalue weighted by molar-refractivity contribution is 5.76. The Morgan fingerprint density at radius 3 is 2.58 bits per heavy atom. The van der Waals surface area contributed by atoms with Crippen LogP contribution in [0.5, 0.6) is 0 Å². The van der Waals surface area contributed by atoms with E-state index in [1.165, 1.54) is 12.1 Å². The highest BCUT2D eigenvalue weighted by Gasteiger charge is 2.24. The first-order chi connectivity index (χ1) is 11.5. The molecule has 3 nitrogen and oxygen atoms in total. The Hall–Kier alpha value is -2.34. The van der Waals surface area contributed by atoms with Crippen LogP contribution < -0.4 is 0 Å². The molecule has 0 amide bonds. The fourth-order valence-corrected chi connectivity index (χ4v) is 2.82. The Morgan fingerprint density at radius 1 is 1.12 bits per heavy atom. The second kappa shape index (κ2) is 6.65. The molecule has 2 aromatic carbocycles. The Labute approximate surface area is 138 Å². The molecule has 0 saturated carbocycles. The molecule has 0 fully saturated rings. The smallest absolute Gasteiger partial charge is 0.292 e. The standard InChI is InChI=1S/C18H18F3N3/c1-12(23(2)11-13-6-5-7-14(19)10-13)17-22-15-8-3-4-9-16(15)24(17)18(20)21/h3-10,12,18H,11H2,1-2H3. The van der Waals surface area contributed by atoms with Crippen LogP contribution in [0.1, 0.15) is 30.9 Å². The molecule has 0 radical (unpaired) electrons. The first kappa shape index (κ1) is 16.5. The largest absolute Gasteiger partial charge is 0.320 e. The number of hydrogen-bond donors (Lipinski definition) is 0. The number of imidazole rings is 1. The normalized spacial score (nSPS) is 13.1. The van der Waals surface area contributed by atoms with Crippen molar-refractivity contribution in [1.29, 1.82) is 0 Å². The fourth-order valence-electron chi connectivity index (χ4n) is 2.82. The zero-order valence-corrected chi connectivity index (χ0v) is 13.5. The first-order valence-electron chi connectivity index (χ1n) is 7.67. The molecular formula is C18H18F3N3. The molecule has 1 heterocycles. The number of aromatic nitrogens is 2. The Morgan fingerprint density at radius 2 is 1.88 bits per heavy atom. The van der Waals surface area contributed by atoms with E-state index in [0.29, 0.717) is 23.4 Å². The third-order valence-electron chi connectivity index (χ3n) is 4.17. The van der Waals surface area contributed by atoms with Crippen LogP contribution in [0.25, 0.3) is 11.0 Å². The van der Waals surface area contributed by atoms with Gasteiger partial charge >= 0.3 is 6.55 Å². The van der Waals surface area contributed by atoms with Gasteiger partial charge in [0.05, 0.1) is 17.1 Å². The lowest BCUT2D eigenvalue weighted by Gasteiger charge is -2.25. The molecule has 0 aliphatic carbocycles. The van der Waals surface area contributed by atoms with Crippen molar-refractivity contribution in [1.82, 2.24) is 14.5 Å². The fraction of sp³-hybridized carbons (Fsp3) is 0.278. The lowest BCUT2D eigenvalue weighted by Crippen LogP contribution is -2.25. The summed E-state index contributed by atoms with van der Waals surface area (Å²) in [6.45, 7) is -0.414. The quantitative estimate of drug-likeness (QED) is 0.671. The topological polar surface area (TPSA) is 21.1 Å². The van der Waals surface area contributed by atoms with Crippen LogP contribution in [0.4, 0.5) is 13.2 Å². The summed E-state index contributed by atoms with van der Waals surface area (Å²) in [5.41, 5.74) is 1.73. The Bertz CT molecular complexity index is 844. The van der Waals surface area contributed by atoms with Gasteiger partial charge in [-0.15, -0.1) is 0 Å². The molecule has 1 atom stereocenters. The van der Waals surface area contributed by atoms with Gasteiger partial charge in [0.1, 0.15) is 11.6 Å². The van der Waals surface area contributed by atoms with Crippen molar-refractivity contribution in [2.24, 2.45) is 0 Å². The molecule has 0 saturated heterocycles. The summed E-state index contributed by atoms with van der Waals surface area (Å²) in [6.07, 6.45) is 0. The summed E-state index contributed by atoms with van der Waals surface area (Å²) in [4.78, 5) is 6.25. The van der Waals surface area contributed by atoms with E-state index in [0.717, 1.165) is 10.1 Å². The van der Waals surface area contributed by atoms with Crippen molar-refractivity contribution >= 4 is 11.0 Å². The van der Waals surface area contributed by atoms with E-state index in [-0.39, 0.29) is 11.9 Å². The van der Waals surface area contributed by atoms with Gasteiger partial charge < -0.3 is 0 Å². The van der Waals surface area contributed by atoms with Crippen molar-refractivity contribution < 1.29 is 13.2 Å². The van der Waals surface area contributed by atoms with Crippen molar-refractivity contribution in [3.05, 3.63) is 65.7 Å². The molecule has 1 aromatic heterocycles. The highest BCUT2D eigenvalue weighted by atomic mass is 19.3. The average molecular weight is 333 g/mol. The summed E-state index contributed by atoms with van der Waals surface area (Å²) in [5.74, 6) is -0.0153. The molecule has 6 heteroatoms. The van der Waals surface area contributed by atoms with Gasteiger partial charge in [-0.05, 0) is 43.8 Å². The molecule has 0 spiro atoms. The molecule has 0 bridgehead atoms. The Balaban J connectivity index is 1.92. The average Bonchev–Trinajstić information content (AvgIpc) is 2.93. The summed E-state index contributed by atoms with van der Waals surface area (Å²) >= 11 is 0. The third kappa shape index (κ3) is 3.14. The highest BCUT2D eigenvalue weighted by Crippen LogP contribution is 2.29. The summed E-state index contributed by atoms with van der Waals surface area (Å²) in [7, 11) is 1.81. The van der Waals surface area contributed by atoms with Gasteiger partial charge in [-0.2, -0.15) is 8.78 Å². The number of fused-ring (bicyclic) bond motifs is 1. The molecule has 3 rings (SSSR count). The van der Waals surface area contributed by atoms with Crippen molar-refractivity contribution in [3.8, 4) is 0 Å². The minimum absolute atomic E-state index is 0.296. The van der Waals surface area contributed by atoms with E-state index in [1.54, 1.807) is 30.3 Å². The third-order valence-corrected chi connectivity index (χ3v) is 4.17. The maximum atomic E-state index is 13.5. The summed E-state index contributed by atoms with van der Waals surface area (Å²) in [6, 6.07) is 12.8. The summed E-state index contributed by atoms with van der Waals surface area (Å²) < 4.78 is 41.4. The SMILES string of the molecule is CC(c1nc2ccccc2n1C(F)F)N(C)Cc1cccc(F)c1. The van der Waals surface area contributed by atoms with Crippen LogP contribution in [0.2, 0.25) is 0 Å². The Kier molecular flexibility index (Phi) is 4.57. The van der Waals surface area contributed by atoms with E-state index < -0.39 is 6.55 Å². The lowest BCUT2D eigenvalue weighted by atomic mass is 10.2.